The van der Waals surface area contributed by atoms with Crippen LogP contribution in [0.25, 0.3) is 0 Å². The molecule has 1 aliphatic heterocycles. The molecular formula is C8H17NO. The van der Waals surface area contributed by atoms with Crippen LogP contribution in [-0.4, -0.2) is 38.8 Å². The predicted molar refractivity (Wildman–Crippen MR) is 42.1 cm³/mol. The van der Waals surface area contributed by atoms with Crippen molar-refractivity contribution < 1.29 is 4.74 Å². The molecule has 2 heteroatoms. The summed E-state index contributed by atoms with van der Waals surface area (Å²) in [7, 11) is 3.97. The first kappa shape index (κ1) is 8.02. The number of likely N-dealkylation sites (tertiary alicyclic amines) is 1. The highest BCUT2D eigenvalue weighted by Crippen LogP contribution is 2.15. The molecule has 0 amide bonds. The maximum absolute atomic E-state index is 5.10. The second-order valence-corrected chi connectivity index (χ2v) is 3.20. The Morgan fingerprint density at radius 1 is 1.40 bits per heavy atom. The Kier molecular flexibility index (Phi) is 3.16. The normalized spacial score (nSPS) is 23.4. The SMILES string of the molecule is COCC1CCN(C)CC1. The molecule has 0 bridgehead atoms. The van der Waals surface area contributed by atoms with E-state index in [0.717, 1.165) is 12.5 Å². The second kappa shape index (κ2) is 3.94. The van der Waals surface area contributed by atoms with Crippen molar-refractivity contribution in [2.75, 3.05) is 33.9 Å². The number of piperidine rings is 1. The Morgan fingerprint density at radius 3 is 2.50 bits per heavy atom. The van der Waals surface area contributed by atoms with Crippen molar-refractivity contribution in [1.29, 1.82) is 0 Å². The van der Waals surface area contributed by atoms with Gasteiger partial charge in [-0.05, 0) is 38.9 Å². The largest absolute Gasteiger partial charge is 0.384 e. The molecule has 0 radical (unpaired) electrons. The zero-order valence-electron chi connectivity index (χ0n) is 6.97. The van der Waals surface area contributed by atoms with E-state index in [1.54, 1.807) is 7.11 Å². The lowest BCUT2D eigenvalue weighted by Crippen LogP contribution is -2.31. The fraction of sp³-hybridized carbons (Fsp3) is 1.00. The first-order chi connectivity index (χ1) is 4.83. The molecule has 0 aromatic carbocycles. The van der Waals surface area contributed by atoms with E-state index in [9.17, 15) is 0 Å². The van der Waals surface area contributed by atoms with Crippen LogP contribution >= 0.6 is 0 Å². The zero-order valence-corrected chi connectivity index (χ0v) is 6.97. The number of nitrogens with zero attached hydrogens (tertiary/aromatic N) is 1. The first-order valence-electron chi connectivity index (χ1n) is 4.00. The molecule has 0 atom stereocenters. The van der Waals surface area contributed by atoms with Gasteiger partial charge in [-0.2, -0.15) is 0 Å². The van der Waals surface area contributed by atoms with Gasteiger partial charge in [-0.1, -0.05) is 0 Å². The van der Waals surface area contributed by atoms with Crippen molar-refractivity contribution >= 4 is 0 Å². The van der Waals surface area contributed by atoms with Crippen LogP contribution in [0.1, 0.15) is 12.8 Å². The van der Waals surface area contributed by atoms with Crippen molar-refractivity contribution in [3.8, 4) is 0 Å². The van der Waals surface area contributed by atoms with E-state index in [4.69, 9.17) is 4.74 Å². The van der Waals surface area contributed by atoms with Crippen LogP contribution < -0.4 is 0 Å². The summed E-state index contributed by atoms with van der Waals surface area (Å²) in [5, 5.41) is 0. The Balaban J connectivity index is 2.13. The Bertz CT molecular complexity index is 87.3. The lowest BCUT2D eigenvalue weighted by Gasteiger charge is -2.28. The molecule has 60 valence electrons. The molecule has 0 aliphatic carbocycles. The third-order valence-corrected chi connectivity index (χ3v) is 2.24. The third kappa shape index (κ3) is 2.27. The first-order valence-corrected chi connectivity index (χ1v) is 4.00. The van der Waals surface area contributed by atoms with Crippen LogP contribution in [0.5, 0.6) is 0 Å². The quantitative estimate of drug-likeness (QED) is 0.571. The van der Waals surface area contributed by atoms with Gasteiger partial charge in [0, 0.05) is 13.7 Å². The molecule has 1 heterocycles. The monoisotopic (exact) mass is 143 g/mol. The van der Waals surface area contributed by atoms with Crippen LogP contribution in [0.4, 0.5) is 0 Å². The van der Waals surface area contributed by atoms with E-state index in [1.807, 2.05) is 0 Å². The molecule has 0 aromatic rings. The fourth-order valence-electron chi connectivity index (χ4n) is 1.46. The molecule has 2 nitrogen and oxygen atoms in total. The highest BCUT2D eigenvalue weighted by molar-refractivity contribution is 4.68. The number of rotatable bonds is 2. The Labute approximate surface area is 63.2 Å². The van der Waals surface area contributed by atoms with E-state index in [2.05, 4.69) is 11.9 Å². The fourth-order valence-corrected chi connectivity index (χ4v) is 1.46. The Hall–Kier alpha value is -0.0800. The number of hydrogen-bond acceptors (Lipinski definition) is 2. The van der Waals surface area contributed by atoms with Crippen molar-refractivity contribution in [1.82, 2.24) is 4.90 Å². The highest BCUT2D eigenvalue weighted by atomic mass is 16.5. The molecule has 0 spiro atoms. The summed E-state index contributed by atoms with van der Waals surface area (Å²) in [4.78, 5) is 2.38. The average molecular weight is 143 g/mol. The number of ether oxygens (including phenoxy) is 1. The molecule has 0 aromatic heterocycles. The molecule has 1 saturated heterocycles. The van der Waals surface area contributed by atoms with Crippen molar-refractivity contribution in [3.05, 3.63) is 0 Å². The highest BCUT2D eigenvalue weighted by Gasteiger charge is 2.15. The maximum Gasteiger partial charge on any atom is 0.0491 e. The molecule has 0 unspecified atom stereocenters. The van der Waals surface area contributed by atoms with Gasteiger partial charge in [0.05, 0.1) is 0 Å². The summed E-state index contributed by atoms with van der Waals surface area (Å²) in [5.41, 5.74) is 0. The van der Waals surface area contributed by atoms with Crippen LogP contribution in [0.15, 0.2) is 0 Å². The molecule has 0 N–H and O–H groups in total. The van der Waals surface area contributed by atoms with Crippen molar-refractivity contribution in [2.45, 2.75) is 12.8 Å². The van der Waals surface area contributed by atoms with Crippen molar-refractivity contribution in [2.24, 2.45) is 5.92 Å². The van der Waals surface area contributed by atoms with Gasteiger partial charge in [-0.15, -0.1) is 0 Å². The van der Waals surface area contributed by atoms with Crippen LogP contribution in [0, 0.1) is 5.92 Å². The summed E-state index contributed by atoms with van der Waals surface area (Å²) in [5.74, 6) is 0.821. The minimum atomic E-state index is 0.821. The molecule has 1 aliphatic rings. The van der Waals surface area contributed by atoms with Gasteiger partial charge in [0.2, 0.25) is 0 Å². The smallest absolute Gasteiger partial charge is 0.0491 e. The van der Waals surface area contributed by atoms with Gasteiger partial charge in [-0.25, -0.2) is 0 Å². The van der Waals surface area contributed by atoms with E-state index < -0.39 is 0 Å². The lowest BCUT2D eigenvalue weighted by molar-refractivity contribution is 0.109. The van der Waals surface area contributed by atoms with Gasteiger partial charge in [-0.3, -0.25) is 0 Å². The zero-order chi connectivity index (χ0) is 7.40. The number of hydrogen-bond donors (Lipinski definition) is 0. The molecule has 1 rings (SSSR count). The topological polar surface area (TPSA) is 12.5 Å². The molecular weight excluding hydrogens is 126 g/mol. The van der Waals surface area contributed by atoms with E-state index in [-0.39, 0.29) is 0 Å². The summed E-state index contributed by atoms with van der Waals surface area (Å²) in [6.45, 7) is 3.44. The summed E-state index contributed by atoms with van der Waals surface area (Å²) >= 11 is 0. The van der Waals surface area contributed by atoms with Gasteiger partial charge in [0.15, 0.2) is 0 Å². The summed E-state index contributed by atoms with van der Waals surface area (Å²) in [6.07, 6.45) is 2.62. The summed E-state index contributed by atoms with van der Waals surface area (Å²) in [6, 6.07) is 0. The van der Waals surface area contributed by atoms with Gasteiger partial charge < -0.3 is 9.64 Å². The third-order valence-electron chi connectivity index (χ3n) is 2.24. The molecule has 1 fully saturated rings. The average Bonchev–Trinajstić information content (AvgIpc) is 1.95. The lowest BCUT2D eigenvalue weighted by atomic mass is 9.98. The Morgan fingerprint density at radius 2 is 2.00 bits per heavy atom. The predicted octanol–water partition coefficient (Wildman–Crippen LogP) is 0.975. The minimum absolute atomic E-state index is 0.821. The van der Waals surface area contributed by atoms with Crippen LogP contribution in [0.3, 0.4) is 0 Å². The van der Waals surface area contributed by atoms with Crippen molar-refractivity contribution in [3.63, 3.8) is 0 Å². The summed E-state index contributed by atoms with van der Waals surface area (Å²) < 4.78 is 5.10. The second-order valence-electron chi connectivity index (χ2n) is 3.20. The minimum Gasteiger partial charge on any atom is -0.384 e. The van der Waals surface area contributed by atoms with Gasteiger partial charge >= 0.3 is 0 Å². The molecule has 0 saturated carbocycles. The van der Waals surface area contributed by atoms with E-state index >= 15 is 0 Å². The standard InChI is InChI=1S/C8H17NO/c1-9-5-3-8(4-6-9)7-10-2/h8H,3-7H2,1-2H3. The van der Waals surface area contributed by atoms with Crippen LogP contribution in [0.2, 0.25) is 0 Å². The van der Waals surface area contributed by atoms with Gasteiger partial charge in [0.25, 0.3) is 0 Å². The number of methoxy groups -OCH3 is 1. The van der Waals surface area contributed by atoms with E-state index in [1.165, 1.54) is 25.9 Å². The van der Waals surface area contributed by atoms with Crippen LogP contribution in [-0.2, 0) is 4.74 Å². The maximum atomic E-state index is 5.10. The van der Waals surface area contributed by atoms with Gasteiger partial charge in [0.1, 0.15) is 0 Å². The van der Waals surface area contributed by atoms with E-state index in [0.29, 0.717) is 0 Å². The molecule has 10 heavy (non-hydrogen) atoms.